The molecule has 7 nitrogen and oxygen atoms in total. The molecule has 2 heterocycles. The summed E-state index contributed by atoms with van der Waals surface area (Å²) in [4.78, 5) is 19.1. The quantitative estimate of drug-likeness (QED) is 0.444. The average molecular weight is 483 g/mol. The highest BCUT2D eigenvalue weighted by Crippen LogP contribution is 2.30. The maximum atomic E-state index is 12.3. The van der Waals surface area contributed by atoms with Gasteiger partial charge in [0.1, 0.15) is 17.2 Å². The molecule has 0 aliphatic heterocycles. The van der Waals surface area contributed by atoms with Gasteiger partial charge in [-0.05, 0) is 38.1 Å². The van der Waals surface area contributed by atoms with Crippen molar-refractivity contribution in [2.45, 2.75) is 19.1 Å². The second-order valence-electron chi connectivity index (χ2n) is 5.93. The van der Waals surface area contributed by atoms with Crippen molar-refractivity contribution >= 4 is 44.9 Å². The number of benzene rings is 1. The molecule has 0 bridgehead atoms. The molecule has 3 aromatic rings. The molecule has 0 fully saturated rings. The summed E-state index contributed by atoms with van der Waals surface area (Å²) in [5.74, 6) is 1.39. The van der Waals surface area contributed by atoms with Crippen molar-refractivity contribution in [2.75, 3.05) is 26.0 Å². The number of carbonyl (C=O) groups excluding carboxylic acids is 1. The standard InChI is InChI=1S/C18H19BrN4O3S2/c1-11-16(28-12(2)20-11)17-21-22-18(26-17)27-10-15(24)23(3)8-9-25-14-6-4-13(19)5-7-14/h4-7H,8-10H2,1-3H3. The van der Waals surface area contributed by atoms with Gasteiger partial charge in [0, 0.05) is 11.5 Å². The van der Waals surface area contributed by atoms with E-state index in [1.165, 1.54) is 23.1 Å². The van der Waals surface area contributed by atoms with Crippen molar-refractivity contribution in [3.8, 4) is 16.5 Å². The molecule has 0 saturated carbocycles. The second-order valence-corrected chi connectivity index (χ2v) is 8.97. The number of aromatic nitrogens is 3. The van der Waals surface area contributed by atoms with E-state index < -0.39 is 0 Å². The van der Waals surface area contributed by atoms with Gasteiger partial charge in [0.15, 0.2) is 0 Å². The van der Waals surface area contributed by atoms with Crippen LogP contribution in [-0.4, -0.2) is 51.9 Å². The Bertz CT molecular complexity index is 943. The van der Waals surface area contributed by atoms with E-state index in [1.807, 2.05) is 38.1 Å². The van der Waals surface area contributed by atoms with Crippen LogP contribution in [0.1, 0.15) is 10.7 Å². The van der Waals surface area contributed by atoms with Crippen LogP contribution in [-0.2, 0) is 4.79 Å². The molecule has 1 aromatic carbocycles. The Morgan fingerprint density at radius 3 is 2.71 bits per heavy atom. The van der Waals surface area contributed by atoms with E-state index in [4.69, 9.17) is 9.15 Å². The van der Waals surface area contributed by atoms with Crippen molar-refractivity contribution in [3.63, 3.8) is 0 Å². The van der Waals surface area contributed by atoms with E-state index in [2.05, 4.69) is 31.1 Å². The predicted molar refractivity (Wildman–Crippen MR) is 113 cm³/mol. The first-order valence-corrected chi connectivity index (χ1v) is 11.0. The van der Waals surface area contributed by atoms with E-state index >= 15 is 0 Å². The minimum absolute atomic E-state index is 0.0334. The number of halogens is 1. The van der Waals surface area contributed by atoms with Crippen LogP contribution in [0.25, 0.3) is 10.8 Å². The van der Waals surface area contributed by atoms with E-state index in [-0.39, 0.29) is 11.7 Å². The number of ether oxygens (including phenoxy) is 1. The van der Waals surface area contributed by atoms with Crippen molar-refractivity contribution in [2.24, 2.45) is 0 Å². The van der Waals surface area contributed by atoms with Gasteiger partial charge in [0.25, 0.3) is 11.1 Å². The number of nitrogens with zero attached hydrogens (tertiary/aromatic N) is 4. The smallest absolute Gasteiger partial charge is 0.277 e. The lowest BCUT2D eigenvalue weighted by Gasteiger charge is -2.16. The number of amides is 1. The minimum atomic E-state index is -0.0334. The Morgan fingerprint density at radius 2 is 2.04 bits per heavy atom. The normalized spacial score (nSPS) is 10.9. The molecule has 1 amide bonds. The first-order chi connectivity index (χ1) is 13.4. The van der Waals surface area contributed by atoms with Gasteiger partial charge < -0.3 is 14.1 Å². The maximum absolute atomic E-state index is 12.3. The molecule has 10 heteroatoms. The Morgan fingerprint density at radius 1 is 1.29 bits per heavy atom. The fraction of sp³-hybridized carbons (Fsp3) is 0.333. The number of thiazole rings is 1. The van der Waals surface area contributed by atoms with Gasteiger partial charge in [-0.3, -0.25) is 4.79 Å². The Balaban J connectivity index is 1.44. The van der Waals surface area contributed by atoms with Gasteiger partial charge >= 0.3 is 0 Å². The molecule has 0 N–H and O–H groups in total. The van der Waals surface area contributed by atoms with Crippen LogP contribution in [0.2, 0.25) is 0 Å². The highest BCUT2D eigenvalue weighted by atomic mass is 79.9. The zero-order valence-electron chi connectivity index (χ0n) is 15.6. The summed E-state index contributed by atoms with van der Waals surface area (Å²) in [7, 11) is 1.75. The van der Waals surface area contributed by atoms with Crippen molar-refractivity contribution in [3.05, 3.63) is 39.4 Å². The summed E-state index contributed by atoms with van der Waals surface area (Å²) < 4.78 is 12.3. The van der Waals surface area contributed by atoms with Crippen molar-refractivity contribution < 1.29 is 13.9 Å². The van der Waals surface area contributed by atoms with Gasteiger partial charge in [0.05, 0.1) is 23.0 Å². The molecular weight excluding hydrogens is 464 g/mol. The van der Waals surface area contributed by atoms with Crippen LogP contribution in [0, 0.1) is 13.8 Å². The molecular formula is C18H19BrN4O3S2. The molecule has 0 unspecified atom stereocenters. The summed E-state index contributed by atoms with van der Waals surface area (Å²) in [6.45, 7) is 4.75. The van der Waals surface area contributed by atoms with Crippen molar-refractivity contribution in [1.82, 2.24) is 20.1 Å². The number of thioether (sulfide) groups is 1. The summed E-state index contributed by atoms with van der Waals surface area (Å²) in [6.07, 6.45) is 0. The Kier molecular flexibility index (Phi) is 7.08. The third-order valence-corrected chi connectivity index (χ3v) is 6.15. The first-order valence-electron chi connectivity index (χ1n) is 8.45. The second kappa shape index (κ2) is 9.53. The number of rotatable bonds is 8. The van der Waals surface area contributed by atoms with Crippen LogP contribution in [0.3, 0.4) is 0 Å². The monoisotopic (exact) mass is 482 g/mol. The lowest BCUT2D eigenvalue weighted by atomic mass is 10.3. The van der Waals surface area contributed by atoms with Crippen LogP contribution in [0.15, 0.2) is 38.4 Å². The predicted octanol–water partition coefficient (Wildman–Crippen LogP) is 4.20. The number of carbonyl (C=O) groups is 1. The van der Waals surface area contributed by atoms with E-state index in [1.54, 1.807) is 11.9 Å². The van der Waals surface area contributed by atoms with Crippen molar-refractivity contribution in [1.29, 1.82) is 0 Å². The first kappa shape index (κ1) is 20.8. The minimum Gasteiger partial charge on any atom is -0.492 e. The van der Waals surface area contributed by atoms with Gasteiger partial charge in [-0.25, -0.2) is 4.98 Å². The molecule has 3 rings (SSSR count). The van der Waals surface area contributed by atoms with Crippen LogP contribution in [0.4, 0.5) is 0 Å². The van der Waals surface area contributed by atoms with Gasteiger partial charge in [0.2, 0.25) is 5.91 Å². The SMILES string of the molecule is Cc1nc(C)c(-c2nnc(SCC(=O)N(C)CCOc3ccc(Br)cc3)o2)s1. The fourth-order valence-electron chi connectivity index (χ4n) is 2.28. The summed E-state index contributed by atoms with van der Waals surface area (Å²) in [5, 5.41) is 9.38. The molecule has 148 valence electrons. The molecule has 0 radical (unpaired) electrons. The van der Waals surface area contributed by atoms with Gasteiger partial charge in [-0.1, -0.05) is 27.7 Å². The highest BCUT2D eigenvalue weighted by molar-refractivity contribution is 9.10. The lowest BCUT2D eigenvalue weighted by Crippen LogP contribution is -2.32. The molecule has 0 aliphatic carbocycles. The number of likely N-dealkylation sites (N-methyl/N-ethyl adjacent to an activating group) is 1. The van der Waals surface area contributed by atoms with Crippen LogP contribution < -0.4 is 4.74 Å². The van der Waals surface area contributed by atoms with Crippen LogP contribution in [0.5, 0.6) is 5.75 Å². The molecule has 0 aliphatic rings. The van der Waals surface area contributed by atoms with Gasteiger partial charge in [-0.15, -0.1) is 21.5 Å². The largest absolute Gasteiger partial charge is 0.492 e. The Hall–Kier alpha value is -1.91. The summed E-state index contributed by atoms with van der Waals surface area (Å²) in [5.41, 5.74) is 0.865. The molecule has 0 saturated heterocycles. The zero-order valence-corrected chi connectivity index (χ0v) is 18.9. The molecule has 0 spiro atoms. The van der Waals surface area contributed by atoms with E-state index in [0.717, 1.165) is 25.8 Å². The number of hydrogen-bond donors (Lipinski definition) is 0. The van der Waals surface area contributed by atoms with E-state index in [9.17, 15) is 4.79 Å². The highest BCUT2D eigenvalue weighted by Gasteiger charge is 2.17. The van der Waals surface area contributed by atoms with Crippen LogP contribution >= 0.6 is 39.0 Å². The fourth-order valence-corrected chi connectivity index (χ4v) is 4.09. The molecule has 0 atom stereocenters. The Labute approximate surface area is 179 Å². The van der Waals surface area contributed by atoms with E-state index in [0.29, 0.717) is 24.3 Å². The number of hydrogen-bond acceptors (Lipinski definition) is 8. The number of aryl methyl sites for hydroxylation is 2. The van der Waals surface area contributed by atoms with Gasteiger partial charge in [-0.2, -0.15) is 0 Å². The zero-order chi connectivity index (χ0) is 20.1. The third-order valence-electron chi connectivity index (χ3n) is 3.76. The summed E-state index contributed by atoms with van der Waals surface area (Å²) in [6, 6.07) is 7.57. The molecule has 28 heavy (non-hydrogen) atoms. The average Bonchev–Trinajstić information content (AvgIpc) is 3.27. The lowest BCUT2D eigenvalue weighted by molar-refractivity contribution is -0.127. The molecule has 2 aromatic heterocycles. The summed E-state index contributed by atoms with van der Waals surface area (Å²) >= 11 is 6.11. The maximum Gasteiger partial charge on any atom is 0.277 e. The third kappa shape index (κ3) is 5.55. The topological polar surface area (TPSA) is 81.4 Å².